The lowest BCUT2D eigenvalue weighted by molar-refractivity contribution is -0.143. The molecule has 3 rings (SSSR count). The molecule has 2 aliphatic rings. The van der Waals surface area contributed by atoms with Gasteiger partial charge < -0.3 is 19.7 Å². The molecule has 2 aliphatic heterocycles. The maximum absolute atomic E-state index is 9.64. The van der Waals surface area contributed by atoms with Crippen LogP contribution in [0.15, 0.2) is 16.6 Å². The van der Waals surface area contributed by atoms with Crippen LogP contribution in [0.5, 0.6) is 11.5 Å². The van der Waals surface area contributed by atoms with E-state index >= 15 is 0 Å². The number of fused-ring (bicyclic) bond motifs is 3. The fourth-order valence-corrected chi connectivity index (χ4v) is 2.89. The molecule has 0 amide bonds. The van der Waals surface area contributed by atoms with Crippen LogP contribution in [-0.4, -0.2) is 34.3 Å². The van der Waals surface area contributed by atoms with Crippen LogP contribution in [0.2, 0.25) is 0 Å². The fraction of sp³-hybridized carbons (Fsp3) is 0.429. The number of anilines is 1. The van der Waals surface area contributed by atoms with Gasteiger partial charge in [-0.2, -0.15) is 0 Å². The minimum atomic E-state index is -1.08. The zero-order valence-electron chi connectivity index (χ0n) is 12.3. The number of benzene rings is 1. The molecule has 0 spiro atoms. The average molecular weight is 406 g/mol. The molecule has 0 aromatic heterocycles. The van der Waals surface area contributed by atoms with Gasteiger partial charge in [0.2, 0.25) is 5.56 Å². The Hall–Kier alpha value is -1.61. The molecule has 1 aromatic carbocycles. The highest BCUT2D eigenvalue weighted by atomic mass is 79.9. The molecule has 23 heavy (non-hydrogen) atoms. The van der Waals surface area contributed by atoms with E-state index in [9.17, 15) is 9.59 Å². The summed E-state index contributed by atoms with van der Waals surface area (Å²) in [5.41, 5.74) is 1.34. The zero-order chi connectivity index (χ0) is 17.0. The highest BCUT2D eigenvalue weighted by Gasteiger charge is 2.47. The first-order valence-corrected chi connectivity index (χ1v) is 8.58. The molecule has 0 radical (unpaired) electrons. The van der Waals surface area contributed by atoms with Crippen molar-refractivity contribution in [1.82, 2.24) is 0 Å². The zero-order valence-corrected chi connectivity index (χ0v) is 14.7. The van der Waals surface area contributed by atoms with E-state index in [4.69, 9.17) is 19.7 Å². The maximum atomic E-state index is 9.64. The molecule has 9 heteroatoms. The Morgan fingerprint density at radius 3 is 2.57 bits per heavy atom. The lowest BCUT2D eigenvalue weighted by Crippen LogP contribution is -2.00. The summed E-state index contributed by atoms with van der Waals surface area (Å²) in [6.45, 7) is 2.83. The first-order chi connectivity index (χ1) is 10.9. The summed E-state index contributed by atoms with van der Waals surface area (Å²) < 4.78 is 14.4. The van der Waals surface area contributed by atoms with Gasteiger partial charge >= 0.3 is 11.9 Å². The number of carboxylic acids is 2. The van der Waals surface area contributed by atoms with E-state index in [0.717, 1.165) is 34.7 Å². The second kappa shape index (κ2) is 7.78. The number of carbonyl (C=O) groups is 2. The van der Waals surface area contributed by atoms with Crippen molar-refractivity contribution in [1.29, 1.82) is 0 Å². The van der Waals surface area contributed by atoms with Crippen LogP contribution < -0.4 is 13.8 Å². The van der Waals surface area contributed by atoms with E-state index in [2.05, 4.69) is 33.2 Å². The van der Waals surface area contributed by atoms with Crippen molar-refractivity contribution >= 4 is 45.5 Å². The van der Waals surface area contributed by atoms with Crippen LogP contribution in [0.3, 0.4) is 0 Å². The second-order valence-electron chi connectivity index (χ2n) is 4.74. The Morgan fingerprint density at radius 1 is 1.35 bits per heavy atom. The Kier molecular flexibility index (Phi) is 6.00. The highest BCUT2D eigenvalue weighted by Crippen LogP contribution is 2.57. The summed E-state index contributed by atoms with van der Waals surface area (Å²) in [4.78, 5) is 19.3. The molecular formula is C14H16BrNO6S. The molecular weight excluding hydrogens is 390 g/mol. The van der Waals surface area contributed by atoms with E-state index < -0.39 is 11.9 Å². The first kappa shape index (κ1) is 17.7. The van der Waals surface area contributed by atoms with Crippen LogP contribution >= 0.6 is 27.9 Å². The molecule has 0 bridgehead atoms. The third-order valence-corrected chi connectivity index (χ3v) is 4.35. The number of hydrogen-bond acceptors (Lipinski definition) is 6. The van der Waals surface area contributed by atoms with Crippen molar-refractivity contribution in [2.45, 2.75) is 31.7 Å². The number of rotatable bonds is 6. The van der Waals surface area contributed by atoms with Gasteiger partial charge in [0.25, 0.3) is 0 Å². The molecule has 1 unspecified atom stereocenters. The van der Waals surface area contributed by atoms with Gasteiger partial charge in [0.05, 0.1) is 29.6 Å². The number of hydrogen-bond donors (Lipinski definition) is 2. The smallest absolute Gasteiger partial charge is 0.303 e. The Labute approximate surface area is 145 Å². The fourth-order valence-electron chi connectivity index (χ4n) is 1.75. The molecule has 7 nitrogen and oxygen atoms in total. The average Bonchev–Trinajstić information content (AvgIpc) is 3.17. The Bertz CT molecular complexity index is 597. The van der Waals surface area contributed by atoms with E-state index in [1.54, 1.807) is 11.9 Å². The summed E-state index contributed by atoms with van der Waals surface area (Å²) in [6.07, 6.45) is 0.416. The van der Waals surface area contributed by atoms with Crippen molar-refractivity contribution in [2.24, 2.45) is 0 Å². The third kappa shape index (κ3) is 4.93. The Morgan fingerprint density at radius 2 is 2.00 bits per heavy atom. The van der Waals surface area contributed by atoms with E-state index in [0.29, 0.717) is 0 Å². The highest BCUT2D eigenvalue weighted by molar-refractivity contribution is 9.10. The SMILES string of the molecule is CCCOc1cc2c(cc1Br)N1SC1O2.O=C(O)CCC(=O)O. The van der Waals surface area contributed by atoms with Crippen LogP contribution in [0.25, 0.3) is 0 Å². The molecule has 1 saturated heterocycles. The topological polar surface area (TPSA) is 96.1 Å². The largest absolute Gasteiger partial charge is 0.492 e. The van der Waals surface area contributed by atoms with E-state index in [-0.39, 0.29) is 18.4 Å². The van der Waals surface area contributed by atoms with Crippen molar-refractivity contribution in [3.05, 3.63) is 16.6 Å². The lowest BCUT2D eigenvalue weighted by Gasteiger charge is -2.09. The molecule has 0 aliphatic carbocycles. The van der Waals surface area contributed by atoms with Crippen LogP contribution in [0.1, 0.15) is 26.2 Å². The predicted molar refractivity (Wildman–Crippen MR) is 88.9 cm³/mol. The first-order valence-electron chi connectivity index (χ1n) is 6.95. The van der Waals surface area contributed by atoms with E-state index in [1.807, 2.05) is 6.07 Å². The molecule has 0 saturated carbocycles. The number of aliphatic carboxylic acids is 2. The van der Waals surface area contributed by atoms with Crippen LogP contribution in [-0.2, 0) is 9.59 Å². The predicted octanol–water partition coefficient (Wildman–Crippen LogP) is 3.32. The molecule has 1 aromatic rings. The van der Waals surface area contributed by atoms with Gasteiger partial charge in [-0.05, 0) is 28.4 Å². The lowest BCUT2D eigenvalue weighted by atomic mass is 10.3. The Balaban J connectivity index is 0.000000207. The van der Waals surface area contributed by atoms with Gasteiger partial charge in [0.1, 0.15) is 5.75 Å². The summed E-state index contributed by atoms with van der Waals surface area (Å²) in [7, 11) is 0. The van der Waals surface area contributed by atoms with Gasteiger partial charge in [-0.25, -0.2) is 0 Å². The minimum Gasteiger partial charge on any atom is -0.492 e. The van der Waals surface area contributed by atoms with Gasteiger partial charge in [0, 0.05) is 18.0 Å². The van der Waals surface area contributed by atoms with Crippen molar-refractivity contribution in [3.63, 3.8) is 0 Å². The van der Waals surface area contributed by atoms with Gasteiger partial charge in [-0.1, -0.05) is 6.92 Å². The van der Waals surface area contributed by atoms with Crippen LogP contribution in [0, 0.1) is 0 Å². The van der Waals surface area contributed by atoms with Crippen molar-refractivity contribution < 1.29 is 29.3 Å². The molecule has 2 N–H and O–H groups in total. The maximum Gasteiger partial charge on any atom is 0.303 e. The molecule has 1 fully saturated rings. The van der Waals surface area contributed by atoms with Gasteiger partial charge in [0.15, 0.2) is 5.75 Å². The monoisotopic (exact) mass is 405 g/mol. The van der Waals surface area contributed by atoms with Gasteiger partial charge in [-0.15, -0.1) is 0 Å². The summed E-state index contributed by atoms with van der Waals surface area (Å²) >= 11 is 5.21. The number of carboxylic acid groups (broad SMARTS) is 2. The van der Waals surface area contributed by atoms with Crippen molar-refractivity contribution in [3.8, 4) is 11.5 Å². The summed E-state index contributed by atoms with van der Waals surface area (Å²) in [5, 5.41) is 15.8. The van der Waals surface area contributed by atoms with Crippen molar-refractivity contribution in [2.75, 3.05) is 10.9 Å². The number of nitrogens with zero attached hydrogens (tertiary/aromatic N) is 1. The molecule has 126 valence electrons. The van der Waals surface area contributed by atoms with Crippen LogP contribution in [0.4, 0.5) is 5.69 Å². The number of halogens is 1. The van der Waals surface area contributed by atoms with Gasteiger partial charge in [-0.3, -0.25) is 13.9 Å². The second-order valence-corrected chi connectivity index (χ2v) is 6.60. The quantitative estimate of drug-likeness (QED) is 0.549. The van der Waals surface area contributed by atoms with E-state index in [1.165, 1.54) is 0 Å². The molecule has 1 atom stereocenters. The standard InChI is InChI=1S/C10H10BrNO2S.C4H6O4/c1-2-3-13-8-5-9-7(4-6(8)11)12-10(14-9)15-12;5-3(6)1-2-4(7)8/h4-5,10H,2-3H2,1H3;1-2H2,(H,5,6)(H,7,8). The number of ether oxygens (including phenoxy) is 2. The third-order valence-electron chi connectivity index (χ3n) is 2.84. The normalized spacial score (nSPS) is 16.4. The molecule has 2 heterocycles. The summed E-state index contributed by atoms with van der Waals surface area (Å²) in [5.74, 6) is -0.365. The minimum absolute atomic E-state index is 0.202. The summed E-state index contributed by atoms with van der Waals surface area (Å²) in [6, 6.07) is 4.02.